The number of rotatable bonds is 7. The van der Waals surface area contributed by atoms with Crippen LogP contribution >= 0.6 is 23.4 Å². The Morgan fingerprint density at radius 2 is 1.56 bits per heavy atom. The second kappa shape index (κ2) is 11.8. The minimum Gasteiger partial charge on any atom is -0.342 e. The van der Waals surface area contributed by atoms with E-state index in [0.29, 0.717) is 33.8 Å². The highest BCUT2D eigenvalue weighted by Crippen LogP contribution is 2.37. The molecule has 0 aliphatic rings. The topological polar surface area (TPSA) is 59.8 Å². The molecule has 0 saturated heterocycles. The number of aryl methyl sites for hydroxylation is 2. The minimum absolute atomic E-state index is 0.0310. The normalized spacial score (nSPS) is 12.8. The predicted molar refractivity (Wildman–Crippen MR) is 144 cm³/mol. The van der Waals surface area contributed by atoms with Gasteiger partial charge in [0.2, 0.25) is 0 Å². The highest BCUT2D eigenvalue weighted by molar-refractivity contribution is 7.98. The lowest BCUT2D eigenvalue weighted by atomic mass is 10.0. The lowest BCUT2D eigenvalue weighted by molar-refractivity contribution is -0.143. The molecule has 1 unspecified atom stereocenters. The molecular weight excluding hydrogens is 590 g/mol. The molecule has 1 aromatic heterocycles. The summed E-state index contributed by atoms with van der Waals surface area (Å²) in [5, 5.41) is 11.9. The number of carbonyl (C=O) groups excluding carboxylic acids is 1. The Balaban J connectivity index is 1.71. The molecular formula is C28H23ClF6N4OS. The zero-order valence-electron chi connectivity index (χ0n) is 21.9. The minimum atomic E-state index is -5.09. The van der Waals surface area contributed by atoms with Crippen LogP contribution in [0.4, 0.5) is 26.3 Å². The summed E-state index contributed by atoms with van der Waals surface area (Å²) >= 11 is 7.63. The van der Waals surface area contributed by atoms with Crippen molar-refractivity contribution in [3.8, 4) is 5.69 Å². The first-order chi connectivity index (χ1) is 19.1. The summed E-state index contributed by atoms with van der Waals surface area (Å²) in [4.78, 5) is 13.0. The van der Waals surface area contributed by atoms with Gasteiger partial charge in [-0.15, -0.1) is 10.2 Å². The average molecular weight is 613 g/mol. The lowest BCUT2D eigenvalue weighted by Gasteiger charge is -2.19. The molecule has 3 aromatic carbocycles. The number of amides is 1. The van der Waals surface area contributed by atoms with E-state index >= 15 is 0 Å². The largest absolute Gasteiger partial charge is 0.416 e. The molecule has 1 amide bonds. The van der Waals surface area contributed by atoms with Crippen LogP contribution in [0, 0.1) is 13.8 Å². The van der Waals surface area contributed by atoms with Crippen LogP contribution in [0.1, 0.15) is 57.0 Å². The van der Waals surface area contributed by atoms with E-state index in [1.165, 1.54) is 18.7 Å². The average Bonchev–Trinajstić information content (AvgIpc) is 3.32. The van der Waals surface area contributed by atoms with Gasteiger partial charge in [-0.25, -0.2) is 0 Å². The summed E-state index contributed by atoms with van der Waals surface area (Å²) in [7, 11) is 0. The van der Waals surface area contributed by atoms with E-state index in [2.05, 4.69) is 15.5 Å². The van der Waals surface area contributed by atoms with Gasteiger partial charge in [0.05, 0.1) is 22.9 Å². The summed E-state index contributed by atoms with van der Waals surface area (Å²) in [5.41, 5.74) is -0.440. The first kappa shape index (κ1) is 30.4. The molecule has 4 aromatic rings. The fourth-order valence-corrected chi connectivity index (χ4v) is 5.24. The number of hydrogen-bond donors (Lipinski definition) is 1. The van der Waals surface area contributed by atoms with Crippen LogP contribution in [0.3, 0.4) is 0 Å². The smallest absolute Gasteiger partial charge is 0.342 e. The van der Waals surface area contributed by atoms with E-state index in [1.54, 1.807) is 22.8 Å². The van der Waals surface area contributed by atoms with Gasteiger partial charge in [-0.1, -0.05) is 53.7 Å². The van der Waals surface area contributed by atoms with Crippen LogP contribution in [-0.4, -0.2) is 20.7 Å². The van der Waals surface area contributed by atoms with E-state index < -0.39 is 41.0 Å². The third-order valence-corrected chi connectivity index (χ3v) is 7.49. The van der Waals surface area contributed by atoms with Crippen molar-refractivity contribution in [2.24, 2.45) is 0 Å². The quantitative estimate of drug-likeness (QED) is 0.168. The van der Waals surface area contributed by atoms with E-state index in [9.17, 15) is 31.1 Å². The Hall–Kier alpha value is -3.51. The van der Waals surface area contributed by atoms with Crippen LogP contribution in [0.25, 0.3) is 5.69 Å². The van der Waals surface area contributed by atoms with Crippen molar-refractivity contribution >= 4 is 29.3 Å². The molecule has 4 rings (SSSR count). The van der Waals surface area contributed by atoms with Gasteiger partial charge in [0, 0.05) is 16.3 Å². The zero-order valence-corrected chi connectivity index (χ0v) is 23.4. The van der Waals surface area contributed by atoms with Crippen LogP contribution in [-0.2, 0) is 18.1 Å². The SMILES string of the molecule is Cc1ccccc1CSc1nnc(C(C)NC(=O)c2cc(C(F)(F)F)cc(C(F)(F)F)c2)n1-c1cc(Cl)ccc1C. The number of thioether (sulfide) groups is 1. The van der Waals surface area contributed by atoms with Gasteiger partial charge in [-0.05, 0) is 67.8 Å². The van der Waals surface area contributed by atoms with Crippen LogP contribution < -0.4 is 5.32 Å². The second-order valence-corrected chi connectivity index (χ2v) is 10.7. The van der Waals surface area contributed by atoms with Gasteiger partial charge >= 0.3 is 12.4 Å². The van der Waals surface area contributed by atoms with Crippen LogP contribution in [0.2, 0.25) is 5.02 Å². The highest BCUT2D eigenvalue weighted by Gasteiger charge is 2.37. The van der Waals surface area contributed by atoms with Gasteiger partial charge in [0.25, 0.3) is 5.91 Å². The van der Waals surface area contributed by atoms with Crippen LogP contribution in [0.15, 0.2) is 65.8 Å². The van der Waals surface area contributed by atoms with Gasteiger partial charge in [-0.3, -0.25) is 9.36 Å². The molecule has 13 heteroatoms. The molecule has 0 fully saturated rings. The lowest BCUT2D eigenvalue weighted by Crippen LogP contribution is -2.29. The Morgan fingerprint density at radius 3 is 2.17 bits per heavy atom. The van der Waals surface area contributed by atoms with Crippen molar-refractivity contribution in [3.05, 3.63) is 105 Å². The Morgan fingerprint density at radius 1 is 0.927 bits per heavy atom. The fourth-order valence-electron chi connectivity index (χ4n) is 4.05. The standard InChI is InChI=1S/C28H23ClF6N4OS/c1-15-6-4-5-7-18(15)14-41-26-38-37-24(39(26)23-13-22(29)9-8-16(23)2)17(3)36-25(40)19-10-20(27(30,31)32)12-21(11-19)28(33,34)35/h4-13,17H,14H2,1-3H3,(H,36,40). The van der Waals surface area contributed by atoms with E-state index in [4.69, 9.17) is 11.6 Å². The van der Waals surface area contributed by atoms with E-state index in [-0.39, 0.29) is 11.9 Å². The summed E-state index contributed by atoms with van der Waals surface area (Å²) in [6.07, 6.45) is -10.2. The van der Waals surface area contributed by atoms with Gasteiger partial charge in [0.1, 0.15) is 0 Å². The number of alkyl halides is 6. The van der Waals surface area contributed by atoms with Crippen molar-refractivity contribution < 1.29 is 31.1 Å². The number of halogens is 7. The van der Waals surface area contributed by atoms with Crippen molar-refractivity contribution in [3.63, 3.8) is 0 Å². The summed E-state index contributed by atoms with van der Waals surface area (Å²) in [5.74, 6) is -0.394. The number of carbonyl (C=O) groups is 1. The third kappa shape index (κ3) is 7.05. The molecule has 0 aliphatic carbocycles. The second-order valence-electron chi connectivity index (χ2n) is 9.31. The molecule has 0 bridgehead atoms. The van der Waals surface area contributed by atoms with Gasteiger partial charge in [0.15, 0.2) is 11.0 Å². The Labute approximate surface area is 240 Å². The maximum Gasteiger partial charge on any atom is 0.416 e. The van der Waals surface area contributed by atoms with Crippen molar-refractivity contribution in [2.75, 3.05) is 0 Å². The first-order valence-electron chi connectivity index (χ1n) is 12.1. The van der Waals surface area contributed by atoms with Crippen molar-refractivity contribution in [1.82, 2.24) is 20.1 Å². The highest BCUT2D eigenvalue weighted by atomic mass is 35.5. The molecule has 0 aliphatic heterocycles. The molecule has 41 heavy (non-hydrogen) atoms. The first-order valence-corrected chi connectivity index (χ1v) is 13.5. The number of aromatic nitrogens is 3. The van der Waals surface area contributed by atoms with Gasteiger partial charge < -0.3 is 5.32 Å². The molecule has 1 atom stereocenters. The number of hydrogen-bond acceptors (Lipinski definition) is 4. The van der Waals surface area contributed by atoms with Gasteiger partial charge in [-0.2, -0.15) is 26.3 Å². The molecule has 0 saturated carbocycles. The number of benzene rings is 3. The van der Waals surface area contributed by atoms with E-state index in [0.717, 1.165) is 16.7 Å². The van der Waals surface area contributed by atoms with Crippen LogP contribution in [0.5, 0.6) is 0 Å². The fraction of sp³-hybridized carbons (Fsp3) is 0.250. The molecule has 0 spiro atoms. The molecule has 5 nitrogen and oxygen atoms in total. The van der Waals surface area contributed by atoms with Crippen molar-refractivity contribution in [1.29, 1.82) is 0 Å². The molecule has 1 heterocycles. The number of nitrogens with zero attached hydrogens (tertiary/aromatic N) is 3. The summed E-state index contributed by atoms with van der Waals surface area (Å²) in [6.45, 7) is 5.31. The molecule has 1 N–H and O–H groups in total. The Bertz CT molecular complexity index is 1550. The molecule has 216 valence electrons. The van der Waals surface area contributed by atoms with E-state index in [1.807, 2.05) is 38.1 Å². The maximum absolute atomic E-state index is 13.3. The Kier molecular flexibility index (Phi) is 8.74. The third-order valence-electron chi connectivity index (χ3n) is 6.27. The monoisotopic (exact) mass is 612 g/mol. The van der Waals surface area contributed by atoms with Crippen molar-refractivity contribution in [2.45, 2.75) is 50.1 Å². The molecule has 0 radical (unpaired) electrons. The zero-order chi connectivity index (χ0) is 30.1. The predicted octanol–water partition coefficient (Wildman–Crippen LogP) is 8.36. The summed E-state index contributed by atoms with van der Waals surface area (Å²) < 4.78 is 81.6. The summed E-state index contributed by atoms with van der Waals surface area (Å²) in [6, 6.07) is 12.7. The maximum atomic E-state index is 13.3. The number of nitrogens with one attached hydrogen (secondary N) is 1.